The van der Waals surface area contributed by atoms with Crippen LogP contribution in [0.25, 0.3) is 0 Å². The van der Waals surface area contributed by atoms with Crippen LogP contribution in [-0.2, 0) is 4.74 Å². The minimum atomic E-state index is -0.533. The predicted octanol–water partition coefficient (Wildman–Crippen LogP) is 0.647. The lowest BCUT2D eigenvalue weighted by atomic mass is 10.2. The fourth-order valence-electron chi connectivity index (χ4n) is 2.39. The molecule has 1 fully saturated rings. The van der Waals surface area contributed by atoms with Gasteiger partial charge in [-0.2, -0.15) is 9.97 Å². The fraction of sp³-hybridized carbons (Fsp3) is 0.667. The van der Waals surface area contributed by atoms with Crippen LogP contribution in [-0.4, -0.2) is 54.3 Å². The summed E-state index contributed by atoms with van der Waals surface area (Å²) in [5, 5.41) is 11.3. The van der Waals surface area contributed by atoms with Crippen LogP contribution in [0.15, 0.2) is 0 Å². The maximum atomic E-state index is 11.3. The number of nitrogens with two attached hydrogens (primary N) is 1. The van der Waals surface area contributed by atoms with E-state index in [0.29, 0.717) is 19.0 Å². The summed E-state index contributed by atoms with van der Waals surface area (Å²) in [6.45, 7) is 4.89. The third kappa shape index (κ3) is 3.13. The summed E-state index contributed by atoms with van der Waals surface area (Å²) in [4.78, 5) is 22.6. The Morgan fingerprint density at radius 2 is 1.90 bits per heavy atom. The van der Waals surface area contributed by atoms with E-state index in [4.69, 9.17) is 10.5 Å². The Bertz CT molecular complexity index is 540. The van der Waals surface area contributed by atoms with E-state index in [9.17, 15) is 10.1 Å². The van der Waals surface area contributed by atoms with Crippen LogP contribution in [0.5, 0.6) is 0 Å². The molecule has 1 aromatic heterocycles. The van der Waals surface area contributed by atoms with Gasteiger partial charge in [0, 0.05) is 27.2 Å². The first-order valence-corrected chi connectivity index (χ1v) is 6.69. The summed E-state index contributed by atoms with van der Waals surface area (Å²) in [5.41, 5.74) is 5.51. The summed E-state index contributed by atoms with van der Waals surface area (Å²) >= 11 is 0. The minimum absolute atomic E-state index is 0.0349. The first kappa shape index (κ1) is 15.2. The van der Waals surface area contributed by atoms with Crippen molar-refractivity contribution in [2.45, 2.75) is 26.1 Å². The van der Waals surface area contributed by atoms with Crippen LogP contribution < -0.4 is 15.5 Å². The smallest absolute Gasteiger partial charge is 0.353 e. The van der Waals surface area contributed by atoms with Crippen LogP contribution >= 0.6 is 0 Å². The molecule has 116 valence electrons. The van der Waals surface area contributed by atoms with Crippen LogP contribution in [0, 0.1) is 10.1 Å². The van der Waals surface area contributed by atoms with Crippen molar-refractivity contribution in [1.29, 1.82) is 0 Å². The molecule has 2 atom stereocenters. The van der Waals surface area contributed by atoms with Crippen molar-refractivity contribution in [3.8, 4) is 0 Å². The highest BCUT2D eigenvalue weighted by atomic mass is 16.6. The summed E-state index contributed by atoms with van der Waals surface area (Å²) in [6.07, 6.45) is -0.0697. The number of aromatic nitrogens is 2. The number of nitrogen functional groups attached to an aromatic ring is 1. The predicted molar refractivity (Wildman–Crippen MR) is 79.6 cm³/mol. The van der Waals surface area contributed by atoms with E-state index in [0.717, 1.165) is 0 Å². The van der Waals surface area contributed by atoms with Crippen molar-refractivity contribution >= 4 is 23.3 Å². The first-order chi connectivity index (χ1) is 9.79. The molecule has 0 bridgehead atoms. The molecule has 2 rings (SSSR count). The molecule has 0 saturated carbocycles. The van der Waals surface area contributed by atoms with Crippen molar-refractivity contribution in [3.63, 3.8) is 0 Å². The summed E-state index contributed by atoms with van der Waals surface area (Å²) in [6, 6.07) is 0. The van der Waals surface area contributed by atoms with Crippen molar-refractivity contribution in [2.75, 3.05) is 42.7 Å². The zero-order chi connectivity index (χ0) is 15.7. The van der Waals surface area contributed by atoms with E-state index in [-0.39, 0.29) is 29.5 Å². The third-order valence-electron chi connectivity index (χ3n) is 3.18. The maximum absolute atomic E-state index is 11.3. The number of hydrogen-bond acceptors (Lipinski definition) is 8. The van der Waals surface area contributed by atoms with Gasteiger partial charge in [-0.05, 0) is 13.8 Å². The van der Waals surface area contributed by atoms with Crippen LogP contribution in [0.4, 0.5) is 23.3 Å². The Kier molecular flexibility index (Phi) is 4.12. The molecule has 2 heterocycles. The van der Waals surface area contributed by atoms with Gasteiger partial charge in [-0.1, -0.05) is 0 Å². The van der Waals surface area contributed by atoms with Crippen LogP contribution in [0.1, 0.15) is 13.8 Å². The van der Waals surface area contributed by atoms with Crippen molar-refractivity contribution in [2.24, 2.45) is 0 Å². The van der Waals surface area contributed by atoms with E-state index in [1.54, 1.807) is 19.0 Å². The quantitative estimate of drug-likeness (QED) is 0.639. The van der Waals surface area contributed by atoms with Gasteiger partial charge in [0.1, 0.15) is 0 Å². The molecular weight excluding hydrogens is 276 g/mol. The molecule has 0 aliphatic carbocycles. The van der Waals surface area contributed by atoms with Gasteiger partial charge < -0.3 is 20.3 Å². The van der Waals surface area contributed by atoms with Gasteiger partial charge in [0.15, 0.2) is 0 Å². The standard InChI is InChI=1S/C12H20N6O3/c1-7-5-17(6-8(2)21-7)11-9(18(19)20)10(13)14-12(15-11)16(3)4/h7-8H,5-6H2,1-4H3,(H2,13,14,15)/t7-,8-/m1/s1. The zero-order valence-electron chi connectivity index (χ0n) is 12.6. The monoisotopic (exact) mass is 296 g/mol. The molecule has 9 nitrogen and oxygen atoms in total. The number of ether oxygens (including phenoxy) is 1. The number of anilines is 3. The Balaban J connectivity index is 2.51. The van der Waals surface area contributed by atoms with Gasteiger partial charge in [0.05, 0.1) is 17.1 Å². The van der Waals surface area contributed by atoms with Crippen LogP contribution in [0.2, 0.25) is 0 Å². The van der Waals surface area contributed by atoms with Gasteiger partial charge in [-0.15, -0.1) is 0 Å². The molecule has 2 N–H and O–H groups in total. The van der Waals surface area contributed by atoms with Gasteiger partial charge >= 0.3 is 5.69 Å². The van der Waals surface area contributed by atoms with Crippen LogP contribution in [0.3, 0.4) is 0 Å². The second kappa shape index (κ2) is 5.68. The van der Waals surface area contributed by atoms with E-state index < -0.39 is 4.92 Å². The Morgan fingerprint density at radius 1 is 1.33 bits per heavy atom. The third-order valence-corrected chi connectivity index (χ3v) is 3.18. The Hall–Kier alpha value is -2.16. The largest absolute Gasteiger partial charge is 0.378 e. The number of hydrogen-bond donors (Lipinski definition) is 1. The van der Waals surface area contributed by atoms with Crippen molar-refractivity contribution in [3.05, 3.63) is 10.1 Å². The normalized spacial score (nSPS) is 22.2. The molecule has 0 radical (unpaired) electrons. The van der Waals surface area contributed by atoms with Crippen molar-refractivity contribution in [1.82, 2.24) is 9.97 Å². The highest BCUT2D eigenvalue weighted by Gasteiger charge is 2.32. The minimum Gasteiger partial charge on any atom is -0.378 e. The maximum Gasteiger partial charge on any atom is 0.353 e. The number of nitro groups is 1. The van der Waals surface area contributed by atoms with Gasteiger partial charge in [-0.3, -0.25) is 10.1 Å². The summed E-state index contributed by atoms with van der Waals surface area (Å²) in [5.74, 6) is 0.471. The zero-order valence-corrected chi connectivity index (χ0v) is 12.6. The van der Waals surface area contributed by atoms with E-state index in [1.165, 1.54) is 0 Å². The molecule has 9 heteroatoms. The molecule has 0 amide bonds. The van der Waals surface area contributed by atoms with Crippen molar-refractivity contribution < 1.29 is 9.66 Å². The highest BCUT2D eigenvalue weighted by molar-refractivity contribution is 5.71. The summed E-state index contributed by atoms with van der Waals surface area (Å²) in [7, 11) is 3.52. The van der Waals surface area contributed by atoms with E-state index in [1.807, 2.05) is 18.7 Å². The van der Waals surface area contributed by atoms with Gasteiger partial charge in [0.25, 0.3) is 0 Å². The molecule has 1 aliphatic heterocycles. The topological polar surface area (TPSA) is 111 Å². The molecule has 0 unspecified atom stereocenters. The molecule has 1 aliphatic rings. The lowest BCUT2D eigenvalue weighted by molar-refractivity contribution is -0.383. The molecule has 21 heavy (non-hydrogen) atoms. The van der Waals surface area contributed by atoms with E-state index >= 15 is 0 Å². The second-order valence-electron chi connectivity index (χ2n) is 5.39. The van der Waals surface area contributed by atoms with Gasteiger partial charge in [0.2, 0.25) is 17.6 Å². The molecule has 0 spiro atoms. The lowest BCUT2D eigenvalue weighted by Crippen LogP contribution is -2.46. The van der Waals surface area contributed by atoms with Gasteiger partial charge in [-0.25, -0.2) is 0 Å². The molecule has 0 aromatic carbocycles. The number of morpholine rings is 1. The number of nitrogens with zero attached hydrogens (tertiary/aromatic N) is 5. The highest BCUT2D eigenvalue weighted by Crippen LogP contribution is 2.33. The Labute approximate surface area is 122 Å². The lowest BCUT2D eigenvalue weighted by Gasteiger charge is -2.35. The van der Waals surface area contributed by atoms with E-state index in [2.05, 4.69) is 9.97 Å². The average Bonchev–Trinajstić information content (AvgIpc) is 2.35. The average molecular weight is 296 g/mol. The first-order valence-electron chi connectivity index (χ1n) is 6.69. The Morgan fingerprint density at radius 3 is 2.38 bits per heavy atom. The fourth-order valence-corrected chi connectivity index (χ4v) is 2.39. The summed E-state index contributed by atoms with van der Waals surface area (Å²) < 4.78 is 5.65. The SMILES string of the molecule is C[C@@H]1CN(c2nc(N(C)C)nc(N)c2[N+](=O)[O-])C[C@@H](C)O1. The molecule has 1 saturated heterocycles. The molecular formula is C12H20N6O3. The molecule has 1 aromatic rings. The second-order valence-corrected chi connectivity index (χ2v) is 5.39. The number of rotatable bonds is 3.